The summed E-state index contributed by atoms with van der Waals surface area (Å²) in [6.45, 7) is 0.510. The maximum Gasteiger partial charge on any atom is 0.347 e. The van der Waals surface area contributed by atoms with Gasteiger partial charge in [-0.25, -0.2) is 9.78 Å². The molecule has 3 aromatic rings. The summed E-state index contributed by atoms with van der Waals surface area (Å²) in [5, 5.41) is 4.84. The van der Waals surface area contributed by atoms with Crippen LogP contribution < -0.4 is 0 Å². The number of halogens is 1. The van der Waals surface area contributed by atoms with Crippen LogP contribution in [0.2, 0.25) is 5.02 Å². The normalized spacial score (nSPS) is 20.7. The number of nitrogens with zero attached hydrogens (tertiary/aromatic N) is 4. The Morgan fingerprint density at radius 1 is 1.04 bits per heavy atom. The highest BCUT2D eigenvalue weighted by atomic mass is 35.5. The lowest BCUT2D eigenvalue weighted by atomic mass is 10.0. The summed E-state index contributed by atoms with van der Waals surface area (Å²) in [4.78, 5) is 20.6. The maximum atomic E-state index is 13.1. The molecule has 5 nitrogen and oxygen atoms in total. The molecule has 0 bridgehead atoms. The largest absolute Gasteiger partial charge is 0.347 e. The first-order valence-electron chi connectivity index (χ1n) is 9.05. The fraction of sp³-hybridized carbons (Fsp3) is 0.190. The molecule has 0 saturated heterocycles. The van der Waals surface area contributed by atoms with Crippen molar-refractivity contribution in [3.63, 3.8) is 0 Å². The molecule has 2 unspecified atom stereocenters. The predicted octanol–water partition coefficient (Wildman–Crippen LogP) is 4.70. The summed E-state index contributed by atoms with van der Waals surface area (Å²) in [6, 6.07) is 17.9. The van der Waals surface area contributed by atoms with Gasteiger partial charge >= 0.3 is 6.03 Å². The van der Waals surface area contributed by atoms with Crippen LogP contribution in [0, 0.1) is 0 Å². The third kappa shape index (κ3) is 3.12. The minimum absolute atomic E-state index is 0.0152. The van der Waals surface area contributed by atoms with Crippen molar-refractivity contribution < 1.29 is 4.79 Å². The first-order valence-corrected chi connectivity index (χ1v) is 10.3. The molecular formula is C21H17ClN4OS. The number of fused-ring (bicyclic) bond motifs is 3. The lowest BCUT2D eigenvalue weighted by Gasteiger charge is -2.36. The van der Waals surface area contributed by atoms with Crippen molar-refractivity contribution in [1.82, 2.24) is 19.7 Å². The monoisotopic (exact) mass is 408 g/mol. The van der Waals surface area contributed by atoms with Gasteiger partial charge in [-0.1, -0.05) is 60.1 Å². The van der Waals surface area contributed by atoms with Crippen molar-refractivity contribution >= 4 is 29.4 Å². The predicted molar refractivity (Wildman–Crippen MR) is 110 cm³/mol. The minimum Gasteiger partial charge on any atom is -0.305 e. The Balaban J connectivity index is 1.45. The zero-order chi connectivity index (χ0) is 19.1. The lowest BCUT2D eigenvalue weighted by molar-refractivity contribution is 0.173. The molecule has 0 saturated carbocycles. The summed E-state index contributed by atoms with van der Waals surface area (Å²) < 4.78 is 1.43. The van der Waals surface area contributed by atoms with E-state index in [0.717, 1.165) is 17.8 Å². The zero-order valence-corrected chi connectivity index (χ0v) is 16.5. The molecule has 0 aliphatic carbocycles. The fourth-order valence-electron chi connectivity index (χ4n) is 3.71. The van der Waals surface area contributed by atoms with E-state index in [9.17, 15) is 4.79 Å². The highest BCUT2D eigenvalue weighted by Crippen LogP contribution is 2.47. The van der Waals surface area contributed by atoms with Crippen LogP contribution in [0.25, 0.3) is 0 Å². The van der Waals surface area contributed by atoms with Crippen LogP contribution >= 0.6 is 23.4 Å². The van der Waals surface area contributed by atoms with E-state index in [-0.39, 0.29) is 17.3 Å². The number of carbonyl (C=O) groups is 1. The highest BCUT2D eigenvalue weighted by Gasteiger charge is 2.44. The molecule has 2 aromatic carbocycles. The number of carbonyl (C=O) groups excluding carboxylic acids is 1. The van der Waals surface area contributed by atoms with Gasteiger partial charge in [0.2, 0.25) is 0 Å². The average molecular weight is 409 g/mol. The van der Waals surface area contributed by atoms with Gasteiger partial charge in [0, 0.05) is 18.0 Å². The van der Waals surface area contributed by atoms with Crippen molar-refractivity contribution in [2.75, 3.05) is 0 Å². The number of hydrogen-bond acceptors (Lipinski definition) is 4. The Morgan fingerprint density at radius 3 is 2.61 bits per heavy atom. The number of benzene rings is 2. The van der Waals surface area contributed by atoms with E-state index in [0.29, 0.717) is 11.6 Å². The first-order chi connectivity index (χ1) is 13.7. The number of thioether (sulfide) groups is 1. The third-order valence-corrected chi connectivity index (χ3v) is 6.66. The second-order valence-electron chi connectivity index (χ2n) is 6.90. The molecule has 0 radical (unpaired) electrons. The van der Waals surface area contributed by atoms with E-state index in [1.807, 2.05) is 35.2 Å². The second kappa shape index (κ2) is 7.11. The molecule has 2 atom stereocenters. The molecule has 0 spiro atoms. The van der Waals surface area contributed by atoms with Crippen LogP contribution in [-0.2, 0) is 13.0 Å². The topological polar surface area (TPSA) is 51.0 Å². The standard InChI is InChI=1S/C21H17ClN4OS/c22-16-8-6-15(7-9-16)12-25-20-18(19-23-13-24-26(19)21(25)27)11-17(28-20)10-14-4-2-1-3-5-14/h1-9,11,13,18,20H,10,12H2. The van der Waals surface area contributed by atoms with Crippen LogP contribution in [-0.4, -0.2) is 31.1 Å². The quantitative estimate of drug-likeness (QED) is 0.628. The molecule has 1 aromatic heterocycles. The van der Waals surface area contributed by atoms with Crippen molar-refractivity contribution in [1.29, 1.82) is 0 Å². The Kier molecular flexibility index (Phi) is 4.45. The van der Waals surface area contributed by atoms with E-state index in [1.165, 1.54) is 21.5 Å². The van der Waals surface area contributed by atoms with Crippen LogP contribution in [0.3, 0.4) is 0 Å². The molecule has 5 rings (SSSR count). The van der Waals surface area contributed by atoms with E-state index in [1.54, 1.807) is 11.8 Å². The molecular weight excluding hydrogens is 392 g/mol. The van der Waals surface area contributed by atoms with Gasteiger partial charge < -0.3 is 4.90 Å². The zero-order valence-electron chi connectivity index (χ0n) is 14.9. The number of rotatable bonds is 4. The Labute approximate surface area is 172 Å². The van der Waals surface area contributed by atoms with Gasteiger partial charge in [-0.2, -0.15) is 9.78 Å². The molecule has 0 fully saturated rings. The molecule has 3 heterocycles. The lowest BCUT2D eigenvalue weighted by Crippen LogP contribution is -2.48. The van der Waals surface area contributed by atoms with E-state index in [4.69, 9.17) is 11.6 Å². The maximum absolute atomic E-state index is 13.1. The van der Waals surface area contributed by atoms with E-state index < -0.39 is 0 Å². The Hall–Kier alpha value is -2.57. The first kappa shape index (κ1) is 17.5. The summed E-state index contributed by atoms with van der Waals surface area (Å²) in [7, 11) is 0. The molecule has 28 heavy (non-hydrogen) atoms. The van der Waals surface area contributed by atoms with E-state index >= 15 is 0 Å². The molecule has 1 amide bonds. The third-order valence-electron chi connectivity index (χ3n) is 5.04. The van der Waals surface area contributed by atoms with Gasteiger partial charge in [0.25, 0.3) is 0 Å². The average Bonchev–Trinajstić information content (AvgIpc) is 3.34. The van der Waals surface area contributed by atoms with Crippen molar-refractivity contribution in [2.24, 2.45) is 0 Å². The summed E-state index contributed by atoms with van der Waals surface area (Å²) >= 11 is 7.75. The number of hydrogen-bond donors (Lipinski definition) is 0. The van der Waals surface area contributed by atoms with Crippen LogP contribution in [0.15, 0.2) is 71.9 Å². The van der Waals surface area contributed by atoms with Gasteiger partial charge in [-0.15, -0.1) is 11.8 Å². The Bertz CT molecular complexity index is 1050. The molecule has 7 heteroatoms. The number of aromatic nitrogens is 3. The summed E-state index contributed by atoms with van der Waals surface area (Å²) in [5.74, 6) is 0.758. The van der Waals surface area contributed by atoms with Gasteiger partial charge in [0.1, 0.15) is 12.2 Å². The fourth-order valence-corrected chi connectivity index (χ4v) is 5.26. The molecule has 2 aliphatic heterocycles. The smallest absolute Gasteiger partial charge is 0.305 e. The number of allylic oxidation sites excluding steroid dienone is 1. The SMILES string of the molecule is O=C1N(Cc2ccc(Cl)cc2)C2SC(Cc3ccccc3)=CC2c2ncnn21. The highest BCUT2D eigenvalue weighted by molar-refractivity contribution is 8.03. The van der Waals surface area contributed by atoms with Gasteiger partial charge in [0.05, 0.1) is 11.3 Å². The Morgan fingerprint density at radius 2 is 1.82 bits per heavy atom. The van der Waals surface area contributed by atoms with Crippen molar-refractivity contribution in [3.8, 4) is 0 Å². The molecule has 0 N–H and O–H groups in total. The van der Waals surface area contributed by atoms with E-state index in [2.05, 4.69) is 40.4 Å². The van der Waals surface area contributed by atoms with Gasteiger partial charge in [-0.05, 0) is 28.2 Å². The summed E-state index contributed by atoms with van der Waals surface area (Å²) in [5.41, 5.74) is 2.30. The molecule has 140 valence electrons. The van der Waals surface area contributed by atoms with Crippen LogP contribution in [0.4, 0.5) is 4.79 Å². The van der Waals surface area contributed by atoms with Crippen LogP contribution in [0.1, 0.15) is 22.9 Å². The van der Waals surface area contributed by atoms with Crippen LogP contribution in [0.5, 0.6) is 0 Å². The number of amides is 1. The van der Waals surface area contributed by atoms with Crippen molar-refractivity contribution in [2.45, 2.75) is 24.3 Å². The van der Waals surface area contributed by atoms with Gasteiger partial charge in [0.15, 0.2) is 0 Å². The minimum atomic E-state index is -0.134. The second-order valence-corrected chi connectivity index (χ2v) is 8.58. The summed E-state index contributed by atoms with van der Waals surface area (Å²) in [6.07, 6.45) is 4.56. The van der Waals surface area contributed by atoms with Crippen molar-refractivity contribution in [3.05, 3.63) is 93.9 Å². The van der Waals surface area contributed by atoms with Gasteiger partial charge in [-0.3, -0.25) is 0 Å². The molecule has 2 aliphatic rings.